The summed E-state index contributed by atoms with van der Waals surface area (Å²) in [6.45, 7) is 1.88. The zero-order valence-corrected chi connectivity index (χ0v) is 11.1. The van der Waals surface area contributed by atoms with Crippen LogP contribution in [0.4, 0.5) is 0 Å². The molecule has 0 atom stereocenters. The Morgan fingerprint density at radius 2 is 2.06 bits per heavy atom. The summed E-state index contributed by atoms with van der Waals surface area (Å²) >= 11 is 3.45. The van der Waals surface area contributed by atoms with E-state index in [1.165, 1.54) is 0 Å². The molecule has 0 aliphatic carbocycles. The Hall–Kier alpha value is -1.48. The van der Waals surface area contributed by atoms with E-state index in [0.29, 0.717) is 12.0 Å². The lowest BCUT2D eigenvalue weighted by molar-refractivity contribution is 0.0992. The number of benzene rings is 1. The minimum absolute atomic E-state index is 0.113. The number of ketones is 1. The highest BCUT2D eigenvalue weighted by atomic mass is 79.9. The predicted octanol–water partition coefficient (Wildman–Crippen LogP) is 3.58. The summed E-state index contributed by atoms with van der Waals surface area (Å²) in [5.41, 5.74) is 2.59. The second kappa shape index (κ2) is 5.23. The first-order chi connectivity index (χ1) is 8.16. The molecule has 0 unspecified atom stereocenters. The lowest BCUT2D eigenvalue weighted by Gasteiger charge is -2.04. The number of aromatic nitrogens is 1. The number of nitrogens with zero attached hydrogens (tertiary/aromatic N) is 1. The van der Waals surface area contributed by atoms with Gasteiger partial charge < -0.3 is 0 Å². The number of halogens is 1. The van der Waals surface area contributed by atoms with Crippen LogP contribution in [0.3, 0.4) is 0 Å². The van der Waals surface area contributed by atoms with Gasteiger partial charge in [0.2, 0.25) is 0 Å². The summed E-state index contributed by atoms with van der Waals surface area (Å²) in [7, 11) is 0. The van der Waals surface area contributed by atoms with Crippen LogP contribution in [0.1, 0.15) is 21.6 Å². The fourth-order valence-electron chi connectivity index (χ4n) is 1.64. The number of carbonyl (C=O) groups excluding carboxylic acids is 1. The molecule has 1 aromatic carbocycles. The summed E-state index contributed by atoms with van der Waals surface area (Å²) in [5, 5.41) is 0. The van der Waals surface area contributed by atoms with Gasteiger partial charge in [-0.1, -0.05) is 34.1 Å². The van der Waals surface area contributed by atoms with Gasteiger partial charge in [-0.05, 0) is 30.7 Å². The van der Waals surface area contributed by atoms with E-state index in [0.717, 1.165) is 15.7 Å². The van der Waals surface area contributed by atoms with Crippen LogP contribution in [0.25, 0.3) is 0 Å². The topological polar surface area (TPSA) is 30.0 Å². The molecule has 3 heteroatoms. The smallest absolute Gasteiger partial charge is 0.167 e. The van der Waals surface area contributed by atoms with Crippen molar-refractivity contribution in [2.24, 2.45) is 0 Å². The van der Waals surface area contributed by atoms with Gasteiger partial charge in [0.15, 0.2) is 5.78 Å². The molecule has 1 aromatic heterocycles. The van der Waals surface area contributed by atoms with Crippen molar-refractivity contribution in [2.45, 2.75) is 13.3 Å². The Bertz CT molecular complexity index is 551. The maximum absolute atomic E-state index is 12.1. The number of aryl methyl sites for hydroxylation is 1. The molecule has 0 aliphatic heterocycles. The number of carbonyl (C=O) groups is 1. The summed E-state index contributed by atoms with van der Waals surface area (Å²) in [4.78, 5) is 16.2. The van der Waals surface area contributed by atoms with Crippen molar-refractivity contribution < 1.29 is 4.79 Å². The molecule has 17 heavy (non-hydrogen) atoms. The molecule has 0 N–H and O–H groups in total. The minimum atomic E-state index is 0.113. The third-order valence-electron chi connectivity index (χ3n) is 2.53. The zero-order chi connectivity index (χ0) is 12.3. The molecule has 86 valence electrons. The number of Topliss-reactive ketones (excluding diaryl/α,β-unsaturated/α-hetero) is 1. The van der Waals surface area contributed by atoms with Gasteiger partial charge in [-0.25, -0.2) is 0 Å². The summed E-state index contributed by atoms with van der Waals surface area (Å²) in [6.07, 6.45) is 2.08. The van der Waals surface area contributed by atoms with Gasteiger partial charge in [0.25, 0.3) is 0 Å². The van der Waals surface area contributed by atoms with Crippen molar-refractivity contribution in [1.29, 1.82) is 0 Å². The number of hydrogen-bond acceptors (Lipinski definition) is 2. The lowest BCUT2D eigenvalue weighted by atomic mass is 10.0. The van der Waals surface area contributed by atoms with Crippen LogP contribution >= 0.6 is 15.9 Å². The Labute approximate surface area is 109 Å². The molecule has 0 saturated carbocycles. The van der Waals surface area contributed by atoms with Gasteiger partial charge in [-0.3, -0.25) is 9.78 Å². The van der Waals surface area contributed by atoms with Crippen molar-refractivity contribution in [2.75, 3.05) is 0 Å². The number of pyridine rings is 1. The predicted molar refractivity (Wildman–Crippen MR) is 71.2 cm³/mol. The Balaban J connectivity index is 2.20. The van der Waals surface area contributed by atoms with Crippen LogP contribution in [0.5, 0.6) is 0 Å². The molecule has 0 bridgehead atoms. The molecular weight excluding hydrogens is 278 g/mol. The summed E-state index contributed by atoms with van der Waals surface area (Å²) < 4.78 is 0.971. The van der Waals surface area contributed by atoms with E-state index in [1.54, 1.807) is 12.3 Å². The van der Waals surface area contributed by atoms with Crippen molar-refractivity contribution in [3.05, 3.63) is 63.9 Å². The van der Waals surface area contributed by atoms with Gasteiger partial charge in [-0.2, -0.15) is 0 Å². The maximum atomic E-state index is 12.1. The van der Waals surface area contributed by atoms with Gasteiger partial charge in [0, 0.05) is 28.3 Å². The molecule has 0 amide bonds. The molecule has 1 heterocycles. The first-order valence-electron chi connectivity index (χ1n) is 5.36. The van der Waals surface area contributed by atoms with Crippen molar-refractivity contribution >= 4 is 21.7 Å². The Kier molecular flexibility index (Phi) is 3.69. The lowest BCUT2D eigenvalue weighted by Crippen LogP contribution is -2.04. The summed E-state index contributed by atoms with van der Waals surface area (Å²) in [5.74, 6) is 0.113. The normalized spacial score (nSPS) is 10.2. The van der Waals surface area contributed by atoms with E-state index in [-0.39, 0.29) is 5.78 Å². The van der Waals surface area contributed by atoms with Crippen molar-refractivity contribution in [3.63, 3.8) is 0 Å². The highest BCUT2D eigenvalue weighted by Crippen LogP contribution is 2.18. The van der Waals surface area contributed by atoms with E-state index < -0.39 is 0 Å². The zero-order valence-electron chi connectivity index (χ0n) is 9.48. The van der Waals surface area contributed by atoms with Gasteiger partial charge in [-0.15, -0.1) is 0 Å². The van der Waals surface area contributed by atoms with E-state index in [2.05, 4.69) is 20.9 Å². The molecule has 0 saturated heterocycles. The maximum Gasteiger partial charge on any atom is 0.167 e. The highest BCUT2D eigenvalue weighted by Gasteiger charge is 2.09. The number of hydrogen-bond donors (Lipinski definition) is 0. The van der Waals surface area contributed by atoms with E-state index >= 15 is 0 Å². The third kappa shape index (κ3) is 3.01. The fourth-order valence-corrected chi connectivity index (χ4v) is 2.06. The molecule has 0 radical (unpaired) electrons. The van der Waals surface area contributed by atoms with Crippen LogP contribution in [0.15, 0.2) is 47.1 Å². The average molecular weight is 290 g/mol. The second-order valence-corrected chi connectivity index (χ2v) is 4.73. The molecule has 2 aromatic rings. The first-order valence-corrected chi connectivity index (χ1v) is 6.15. The standard InChI is InChI=1S/C14H12BrNO/c1-10-8-12(6-7-16-10)14(17)9-11-4-2-3-5-13(11)15/h2-8H,9H2,1H3. The molecule has 0 fully saturated rings. The number of rotatable bonds is 3. The molecule has 2 nitrogen and oxygen atoms in total. The SMILES string of the molecule is Cc1cc(C(=O)Cc2ccccc2Br)ccn1. The molecule has 0 aliphatic rings. The molecule has 2 rings (SSSR count). The van der Waals surface area contributed by atoms with Crippen LogP contribution in [0.2, 0.25) is 0 Å². The van der Waals surface area contributed by atoms with Crippen LogP contribution in [0, 0.1) is 6.92 Å². The average Bonchev–Trinajstić information content (AvgIpc) is 2.32. The van der Waals surface area contributed by atoms with E-state index in [4.69, 9.17) is 0 Å². The first kappa shape index (κ1) is 12.0. The van der Waals surface area contributed by atoms with Crippen molar-refractivity contribution in [3.8, 4) is 0 Å². The van der Waals surface area contributed by atoms with E-state index in [1.807, 2.05) is 37.3 Å². The largest absolute Gasteiger partial charge is 0.294 e. The highest BCUT2D eigenvalue weighted by molar-refractivity contribution is 9.10. The molecular formula is C14H12BrNO. The Morgan fingerprint density at radius 3 is 2.76 bits per heavy atom. The monoisotopic (exact) mass is 289 g/mol. The van der Waals surface area contributed by atoms with E-state index in [9.17, 15) is 4.79 Å². The quantitative estimate of drug-likeness (QED) is 0.809. The fraction of sp³-hybridized carbons (Fsp3) is 0.143. The van der Waals surface area contributed by atoms with Crippen LogP contribution in [-0.2, 0) is 6.42 Å². The van der Waals surface area contributed by atoms with Crippen molar-refractivity contribution in [1.82, 2.24) is 4.98 Å². The van der Waals surface area contributed by atoms with Gasteiger partial charge >= 0.3 is 0 Å². The van der Waals surface area contributed by atoms with Crippen LogP contribution in [-0.4, -0.2) is 10.8 Å². The third-order valence-corrected chi connectivity index (χ3v) is 3.30. The van der Waals surface area contributed by atoms with Crippen LogP contribution < -0.4 is 0 Å². The van der Waals surface area contributed by atoms with Gasteiger partial charge in [0.05, 0.1) is 0 Å². The van der Waals surface area contributed by atoms with Gasteiger partial charge in [0.1, 0.15) is 0 Å². The minimum Gasteiger partial charge on any atom is -0.294 e. The summed E-state index contributed by atoms with van der Waals surface area (Å²) in [6, 6.07) is 11.3. The molecule has 0 spiro atoms. The second-order valence-electron chi connectivity index (χ2n) is 3.88. The Morgan fingerprint density at radius 1 is 1.29 bits per heavy atom.